The number of benzene rings is 1. The second-order valence-corrected chi connectivity index (χ2v) is 4.34. The molecule has 17 heavy (non-hydrogen) atoms. The minimum absolute atomic E-state index is 0.0590. The molecule has 2 rings (SSSR count). The van der Waals surface area contributed by atoms with Crippen molar-refractivity contribution >= 4 is 34.9 Å². The minimum atomic E-state index is -1.26. The van der Waals surface area contributed by atoms with Crippen molar-refractivity contribution < 1.29 is 14.7 Å². The molecule has 0 saturated carbocycles. The Labute approximate surface area is 101 Å². The minimum Gasteiger partial charge on any atom is -0.545 e. The largest absolute Gasteiger partial charge is 0.545 e. The molecule has 0 spiro atoms. The Hall–Kier alpha value is -2.08. The van der Waals surface area contributed by atoms with Gasteiger partial charge in [-0.1, -0.05) is 18.2 Å². The number of hydrogen-bond acceptors (Lipinski definition) is 5. The highest BCUT2D eigenvalue weighted by Crippen LogP contribution is 2.26. The number of amides is 1. The van der Waals surface area contributed by atoms with E-state index in [2.05, 4.69) is 4.99 Å². The molecule has 0 radical (unpaired) electrons. The molecule has 1 aromatic carbocycles. The maximum atomic E-state index is 11.3. The van der Waals surface area contributed by atoms with E-state index >= 15 is 0 Å². The molecule has 0 aromatic heterocycles. The van der Waals surface area contributed by atoms with Gasteiger partial charge in [0.05, 0.1) is 10.9 Å². The number of aromatic carboxylic acids is 1. The van der Waals surface area contributed by atoms with Crippen LogP contribution in [0, 0.1) is 0 Å². The van der Waals surface area contributed by atoms with Crippen LogP contribution in [0.25, 0.3) is 6.08 Å². The Kier molecular flexibility index (Phi) is 2.97. The van der Waals surface area contributed by atoms with E-state index < -0.39 is 11.9 Å². The normalized spacial score (nSPS) is 17.3. The Morgan fingerprint density at radius 1 is 1.47 bits per heavy atom. The number of rotatable bonds is 2. The third-order valence-corrected chi connectivity index (χ3v) is 2.87. The van der Waals surface area contributed by atoms with Crippen LogP contribution >= 0.6 is 11.8 Å². The van der Waals surface area contributed by atoms with Crippen molar-refractivity contribution in [1.82, 2.24) is 0 Å². The summed E-state index contributed by atoms with van der Waals surface area (Å²) in [6, 6.07) is 6.10. The number of aliphatic imine (C=N–C) groups is 1. The smallest absolute Gasteiger partial charge is 0.286 e. The lowest BCUT2D eigenvalue weighted by Crippen LogP contribution is -2.22. The SMILES string of the molecule is NC1=NC(=O)/C(=C\c2cccc(C(=O)[O-])c2)S1. The van der Waals surface area contributed by atoms with Crippen molar-refractivity contribution in [2.45, 2.75) is 0 Å². The van der Waals surface area contributed by atoms with Gasteiger partial charge in [-0.15, -0.1) is 0 Å². The molecule has 86 valence electrons. The molecule has 0 atom stereocenters. The number of amidine groups is 1. The Morgan fingerprint density at radius 3 is 2.82 bits per heavy atom. The first-order chi connectivity index (χ1) is 8.06. The van der Waals surface area contributed by atoms with Gasteiger partial charge in [-0.05, 0) is 35.0 Å². The van der Waals surface area contributed by atoms with E-state index in [9.17, 15) is 14.7 Å². The van der Waals surface area contributed by atoms with E-state index in [0.29, 0.717) is 10.5 Å². The standard InChI is InChI=1S/C11H8N2O3S/c12-11-13-9(14)8(17-11)5-6-2-1-3-7(4-6)10(15)16/h1-5H,(H,15,16)(H2,12,13,14)/p-1/b8-5+. The number of carbonyl (C=O) groups excluding carboxylic acids is 2. The molecule has 0 aliphatic carbocycles. The number of nitrogens with two attached hydrogens (primary N) is 1. The summed E-state index contributed by atoms with van der Waals surface area (Å²) in [4.78, 5) is 25.9. The molecule has 0 bridgehead atoms. The van der Waals surface area contributed by atoms with Crippen LogP contribution < -0.4 is 10.8 Å². The molecular formula is C11H7N2O3S-. The van der Waals surface area contributed by atoms with Crippen molar-refractivity contribution in [1.29, 1.82) is 0 Å². The highest BCUT2D eigenvalue weighted by Gasteiger charge is 2.19. The Bertz CT molecular complexity index is 564. The van der Waals surface area contributed by atoms with Crippen LogP contribution in [-0.4, -0.2) is 17.0 Å². The first-order valence-corrected chi connectivity index (χ1v) is 5.47. The van der Waals surface area contributed by atoms with Crippen molar-refractivity contribution in [3.05, 3.63) is 40.3 Å². The maximum Gasteiger partial charge on any atom is 0.286 e. The van der Waals surface area contributed by atoms with Crippen molar-refractivity contribution in [2.75, 3.05) is 0 Å². The molecule has 0 unspecified atom stereocenters. The molecular weight excluding hydrogens is 240 g/mol. The molecule has 5 nitrogen and oxygen atoms in total. The highest BCUT2D eigenvalue weighted by atomic mass is 32.2. The maximum absolute atomic E-state index is 11.3. The summed E-state index contributed by atoms with van der Waals surface area (Å²) >= 11 is 1.06. The first kappa shape index (κ1) is 11.4. The van der Waals surface area contributed by atoms with Crippen molar-refractivity contribution in [3.63, 3.8) is 0 Å². The third-order valence-electron chi connectivity index (χ3n) is 2.06. The van der Waals surface area contributed by atoms with Gasteiger partial charge < -0.3 is 15.6 Å². The van der Waals surface area contributed by atoms with Crippen LogP contribution in [0.15, 0.2) is 34.2 Å². The second-order valence-electron chi connectivity index (χ2n) is 3.28. The lowest BCUT2D eigenvalue weighted by atomic mass is 10.1. The molecule has 2 N–H and O–H groups in total. The summed E-state index contributed by atoms with van der Waals surface area (Å²) in [5.74, 6) is -1.67. The number of carboxylic acids is 1. The number of thioether (sulfide) groups is 1. The van der Waals surface area contributed by atoms with E-state index in [1.54, 1.807) is 18.2 Å². The van der Waals surface area contributed by atoms with Crippen LogP contribution in [-0.2, 0) is 4.79 Å². The number of carbonyl (C=O) groups is 2. The third kappa shape index (κ3) is 2.54. The molecule has 1 aromatic rings. The summed E-state index contributed by atoms with van der Waals surface area (Å²) in [7, 11) is 0. The van der Waals surface area contributed by atoms with Gasteiger partial charge in [0.25, 0.3) is 5.91 Å². The zero-order valence-corrected chi connectivity index (χ0v) is 9.36. The van der Waals surface area contributed by atoms with E-state index in [-0.39, 0.29) is 10.7 Å². The van der Waals surface area contributed by atoms with Crippen LogP contribution in [0.2, 0.25) is 0 Å². The number of carboxylic acid groups (broad SMARTS) is 1. The second kappa shape index (κ2) is 4.42. The average molecular weight is 247 g/mol. The molecule has 1 amide bonds. The Morgan fingerprint density at radius 2 is 2.24 bits per heavy atom. The first-order valence-electron chi connectivity index (χ1n) is 4.66. The van der Waals surface area contributed by atoms with Crippen molar-refractivity contribution in [2.24, 2.45) is 10.7 Å². The molecule has 0 saturated heterocycles. The van der Waals surface area contributed by atoms with E-state index in [0.717, 1.165) is 11.8 Å². The van der Waals surface area contributed by atoms with Crippen LogP contribution in [0.5, 0.6) is 0 Å². The fourth-order valence-corrected chi connectivity index (χ4v) is 2.01. The topological polar surface area (TPSA) is 95.6 Å². The van der Waals surface area contributed by atoms with Crippen molar-refractivity contribution in [3.8, 4) is 0 Å². The number of hydrogen-bond donors (Lipinski definition) is 1. The summed E-state index contributed by atoms with van der Waals surface area (Å²) in [5, 5.41) is 10.9. The fourth-order valence-electron chi connectivity index (χ4n) is 1.33. The molecule has 0 fully saturated rings. The monoisotopic (exact) mass is 247 g/mol. The van der Waals surface area contributed by atoms with Gasteiger partial charge >= 0.3 is 0 Å². The zero-order valence-electron chi connectivity index (χ0n) is 8.54. The summed E-state index contributed by atoms with van der Waals surface area (Å²) in [6.07, 6.45) is 1.54. The lowest BCUT2D eigenvalue weighted by molar-refractivity contribution is -0.255. The molecule has 6 heteroatoms. The fraction of sp³-hybridized carbons (Fsp3) is 0. The summed E-state index contributed by atoms with van der Waals surface area (Å²) in [5.41, 5.74) is 6.04. The van der Waals surface area contributed by atoms with E-state index in [1.165, 1.54) is 12.1 Å². The van der Waals surface area contributed by atoms with Gasteiger partial charge in [-0.25, -0.2) is 0 Å². The predicted octanol–water partition coefficient (Wildman–Crippen LogP) is -0.0209. The van der Waals surface area contributed by atoms with Crippen LogP contribution in [0.1, 0.15) is 15.9 Å². The van der Waals surface area contributed by atoms with Gasteiger partial charge in [0.2, 0.25) is 0 Å². The molecule has 1 aliphatic rings. The molecule has 1 aliphatic heterocycles. The van der Waals surface area contributed by atoms with Gasteiger partial charge in [0.1, 0.15) is 0 Å². The van der Waals surface area contributed by atoms with Crippen LogP contribution in [0.4, 0.5) is 0 Å². The van der Waals surface area contributed by atoms with Gasteiger partial charge in [-0.3, -0.25) is 4.79 Å². The van der Waals surface area contributed by atoms with E-state index in [4.69, 9.17) is 5.73 Å². The Balaban J connectivity index is 2.31. The van der Waals surface area contributed by atoms with Gasteiger partial charge in [0.15, 0.2) is 5.17 Å². The zero-order chi connectivity index (χ0) is 12.4. The molecule has 1 heterocycles. The average Bonchev–Trinajstić information content (AvgIpc) is 2.58. The number of nitrogens with zero attached hydrogens (tertiary/aromatic N) is 1. The highest BCUT2D eigenvalue weighted by molar-refractivity contribution is 8.18. The lowest BCUT2D eigenvalue weighted by Gasteiger charge is -2.03. The summed E-state index contributed by atoms with van der Waals surface area (Å²) in [6.45, 7) is 0. The van der Waals surface area contributed by atoms with Gasteiger partial charge in [0, 0.05) is 0 Å². The quantitative estimate of drug-likeness (QED) is 0.741. The van der Waals surface area contributed by atoms with Gasteiger partial charge in [-0.2, -0.15) is 4.99 Å². The summed E-state index contributed by atoms with van der Waals surface area (Å²) < 4.78 is 0. The van der Waals surface area contributed by atoms with E-state index in [1.807, 2.05) is 0 Å². The van der Waals surface area contributed by atoms with Crippen LogP contribution in [0.3, 0.4) is 0 Å². The predicted molar refractivity (Wildman–Crippen MR) is 63.0 cm³/mol.